The van der Waals surface area contributed by atoms with E-state index in [0.29, 0.717) is 11.6 Å². The van der Waals surface area contributed by atoms with Gasteiger partial charge in [-0.2, -0.15) is 13.2 Å². The third kappa shape index (κ3) is 4.94. The third-order valence-corrected chi connectivity index (χ3v) is 8.18. The number of nitrogens with zero attached hydrogens (tertiary/aromatic N) is 4. The molecule has 3 aromatic rings. The Labute approximate surface area is 197 Å². The molecule has 0 spiro atoms. The minimum Gasteiger partial charge on any atom is -0.322 e. The summed E-state index contributed by atoms with van der Waals surface area (Å²) >= 11 is 0.922. The molecule has 34 heavy (non-hydrogen) atoms. The lowest BCUT2D eigenvalue weighted by Crippen LogP contribution is -2.24. The summed E-state index contributed by atoms with van der Waals surface area (Å²) in [6.07, 6.45) is 4.59. The Morgan fingerprint density at radius 2 is 1.79 bits per heavy atom. The fourth-order valence-corrected chi connectivity index (χ4v) is 5.41. The first kappa shape index (κ1) is 24.2. The van der Waals surface area contributed by atoms with Crippen LogP contribution in [-0.2, 0) is 16.9 Å². The lowest BCUT2D eigenvalue weighted by Gasteiger charge is -2.14. The van der Waals surface area contributed by atoms with Crippen molar-refractivity contribution in [3.05, 3.63) is 53.6 Å². The zero-order valence-electron chi connectivity index (χ0n) is 17.9. The van der Waals surface area contributed by atoms with Gasteiger partial charge in [-0.05, 0) is 76.8 Å². The third-order valence-electron chi connectivity index (χ3n) is 5.59. The number of benzene rings is 2. The SMILES string of the molecule is Cn1nnnc1Sc1ccc(S(=O)(=O)C(F)(F)F)cc1C(=O)Nc1ccc(C2CCCC2)cc1. The highest BCUT2D eigenvalue weighted by Gasteiger charge is 2.47. The van der Waals surface area contributed by atoms with Crippen LogP contribution in [0.4, 0.5) is 18.9 Å². The van der Waals surface area contributed by atoms with Gasteiger partial charge in [0.1, 0.15) is 0 Å². The van der Waals surface area contributed by atoms with E-state index in [1.807, 2.05) is 12.1 Å². The molecular formula is C21H20F3N5O3S2. The van der Waals surface area contributed by atoms with Crippen LogP contribution >= 0.6 is 11.8 Å². The van der Waals surface area contributed by atoms with Crippen molar-refractivity contribution >= 4 is 33.2 Å². The molecule has 1 heterocycles. The summed E-state index contributed by atoms with van der Waals surface area (Å²) in [5.74, 6) is -0.275. The molecule has 0 unspecified atom stereocenters. The van der Waals surface area contributed by atoms with Crippen molar-refractivity contribution in [2.75, 3.05) is 5.32 Å². The number of hydrogen-bond donors (Lipinski definition) is 1. The zero-order chi connectivity index (χ0) is 24.5. The van der Waals surface area contributed by atoms with Crippen molar-refractivity contribution in [2.45, 2.75) is 52.1 Å². The van der Waals surface area contributed by atoms with E-state index >= 15 is 0 Å². The fraction of sp³-hybridized carbons (Fsp3) is 0.333. The number of carbonyl (C=O) groups is 1. The number of amides is 1. The molecule has 4 rings (SSSR count). The van der Waals surface area contributed by atoms with Crippen LogP contribution in [0.5, 0.6) is 0 Å². The summed E-state index contributed by atoms with van der Waals surface area (Å²) in [6, 6.07) is 9.94. The van der Waals surface area contributed by atoms with Crippen molar-refractivity contribution in [3.8, 4) is 0 Å². The maximum absolute atomic E-state index is 13.1. The van der Waals surface area contributed by atoms with E-state index in [1.165, 1.54) is 23.1 Å². The van der Waals surface area contributed by atoms with Gasteiger partial charge < -0.3 is 5.32 Å². The van der Waals surface area contributed by atoms with Crippen LogP contribution in [0, 0.1) is 0 Å². The number of sulfone groups is 1. The number of anilines is 1. The maximum atomic E-state index is 13.1. The Bertz CT molecular complexity index is 1300. The molecule has 1 saturated carbocycles. The van der Waals surface area contributed by atoms with E-state index in [9.17, 15) is 26.4 Å². The van der Waals surface area contributed by atoms with Crippen molar-refractivity contribution in [2.24, 2.45) is 7.05 Å². The van der Waals surface area contributed by atoms with Gasteiger partial charge in [0.2, 0.25) is 5.16 Å². The number of rotatable bonds is 6. The highest BCUT2D eigenvalue weighted by molar-refractivity contribution is 7.99. The second-order valence-electron chi connectivity index (χ2n) is 7.85. The Balaban J connectivity index is 1.66. The highest BCUT2D eigenvalue weighted by Crippen LogP contribution is 2.36. The van der Waals surface area contributed by atoms with Crippen molar-refractivity contribution < 1.29 is 26.4 Å². The number of alkyl halides is 3. The average Bonchev–Trinajstić information content (AvgIpc) is 3.46. The van der Waals surface area contributed by atoms with Crippen molar-refractivity contribution in [1.29, 1.82) is 0 Å². The standard InChI is InChI=1S/C21H20F3N5O3S2/c1-29-20(26-27-28-29)33-18-11-10-16(34(31,32)21(22,23)24)12-17(18)19(30)25-15-8-6-14(7-9-15)13-4-2-3-5-13/h6-13H,2-5H2,1H3,(H,25,30). The minimum atomic E-state index is -5.64. The number of tetrazole rings is 1. The number of nitrogens with one attached hydrogen (secondary N) is 1. The van der Waals surface area contributed by atoms with Crippen LogP contribution in [-0.4, -0.2) is 40.0 Å². The number of aromatic nitrogens is 4. The second kappa shape index (κ2) is 9.37. The van der Waals surface area contributed by atoms with E-state index in [2.05, 4.69) is 20.8 Å². The van der Waals surface area contributed by atoms with Crippen LogP contribution in [0.25, 0.3) is 0 Å². The van der Waals surface area contributed by atoms with Crippen LogP contribution in [0.3, 0.4) is 0 Å². The number of hydrogen-bond acceptors (Lipinski definition) is 7. The molecule has 13 heteroatoms. The van der Waals surface area contributed by atoms with Gasteiger partial charge in [0, 0.05) is 17.6 Å². The zero-order valence-corrected chi connectivity index (χ0v) is 19.5. The molecule has 0 bridgehead atoms. The van der Waals surface area contributed by atoms with Gasteiger partial charge in [0.25, 0.3) is 15.7 Å². The lowest BCUT2D eigenvalue weighted by atomic mass is 9.97. The van der Waals surface area contributed by atoms with Gasteiger partial charge in [-0.3, -0.25) is 4.79 Å². The van der Waals surface area contributed by atoms with Gasteiger partial charge in [-0.1, -0.05) is 25.0 Å². The van der Waals surface area contributed by atoms with Gasteiger partial charge in [0.15, 0.2) is 0 Å². The normalized spacial score (nSPS) is 14.9. The van der Waals surface area contributed by atoms with E-state index in [-0.39, 0.29) is 15.6 Å². The first-order chi connectivity index (χ1) is 16.1. The second-order valence-corrected chi connectivity index (χ2v) is 10.8. The Kier molecular flexibility index (Phi) is 6.67. The number of aryl methyl sites for hydroxylation is 1. The van der Waals surface area contributed by atoms with Crippen molar-refractivity contribution in [1.82, 2.24) is 20.2 Å². The monoisotopic (exact) mass is 511 g/mol. The van der Waals surface area contributed by atoms with Gasteiger partial charge in [-0.25, -0.2) is 13.1 Å². The molecule has 1 aliphatic rings. The summed E-state index contributed by atoms with van der Waals surface area (Å²) < 4.78 is 64.5. The molecule has 8 nitrogen and oxygen atoms in total. The topological polar surface area (TPSA) is 107 Å². The molecule has 1 N–H and O–H groups in total. The molecule has 2 aromatic carbocycles. The molecule has 1 aliphatic carbocycles. The summed E-state index contributed by atoms with van der Waals surface area (Å²) in [5, 5.41) is 13.9. The average molecular weight is 512 g/mol. The molecule has 0 saturated heterocycles. The van der Waals surface area contributed by atoms with E-state index in [0.717, 1.165) is 42.8 Å². The van der Waals surface area contributed by atoms with Crippen LogP contribution in [0.1, 0.15) is 47.5 Å². The number of carbonyl (C=O) groups excluding carboxylic acids is 1. The first-order valence-corrected chi connectivity index (χ1v) is 12.6. The molecular weight excluding hydrogens is 491 g/mol. The number of halogens is 3. The first-order valence-electron chi connectivity index (χ1n) is 10.3. The van der Waals surface area contributed by atoms with Crippen LogP contribution < -0.4 is 5.32 Å². The Morgan fingerprint density at radius 1 is 1.12 bits per heavy atom. The Hall–Kier alpha value is -2.93. The van der Waals surface area contributed by atoms with E-state index < -0.39 is 26.1 Å². The van der Waals surface area contributed by atoms with Crippen molar-refractivity contribution in [3.63, 3.8) is 0 Å². The summed E-state index contributed by atoms with van der Waals surface area (Å²) in [5.41, 5.74) is -4.15. The largest absolute Gasteiger partial charge is 0.501 e. The minimum absolute atomic E-state index is 0.194. The fourth-order valence-electron chi connectivity index (χ4n) is 3.78. The molecule has 0 atom stereocenters. The van der Waals surface area contributed by atoms with Crippen LogP contribution in [0.2, 0.25) is 0 Å². The molecule has 1 amide bonds. The van der Waals surface area contributed by atoms with Gasteiger partial charge in [-0.15, -0.1) is 5.10 Å². The molecule has 0 radical (unpaired) electrons. The van der Waals surface area contributed by atoms with Gasteiger partial charge in [0.05, 0.1) is 10.5 Å². The maximum Gasteiger partial charge on any atom is 0.501 e. The van der Waals surface area contributed by atoms with Crippen LogP contribution in [0.15, 0.2) is 57.4 Å². The molecule has 180 valence electrons. The Morgan fingerprint density at radius 3 is 2.38 bits per heavy atom. The smallest absolute Gasteiger partial charge is 0.322 e. The molecule has 1 fully saturated rings. The summed E-state index contributed by atoms with van der Waals surface area (Å²) in [6.45, 7) is 0. The molecule has 1 aromatic heterocycles. The lowest BCUT2D eigenvalue weighted by molar-refractivity contribution is -0.0436. The quantitative estimate of drug-likeness (QED) is 0.517. The predicted octanol–water partition coefficient (Wildman–Crippen LogP) is 4.56. The summed E-state index contributed by atoms with van der Waals surface area (Å²) in [4.78, 5) is 12.2. The highest BCUT2D eigenvalue weighted by atomic mass is 32.2. The van der Waals surface area contributed by atoms with E-state index in [1.54, 1.807) is 19.2 Å². The van der Waals surface area contributed by atoms with E-state index in [4.69, 9.17) is 0 Å². The van der Waals surface area contributed by atoms with Gasteiger partial charge >= 0.3 is 5.51 Å². The predicted molar refractivity (Wildman–Crippen MR) is 118 cm³/mol. The summed E-state index contributed by atoms with van der Waals surface area (Å²) in [7, 11) is -4.09. The molecule has 0 aliphatic heterocycles.